The summed E-state index contributed by atoms with van der Waals surface area (Å²) in [6, 6.07) is 0.885. The molecule has 0 radical (unpaired) electrons. The van der Waals surface area contributed by atoms with Crippen LogP contribution < -0.4 is 5.32 Å². The van der Waals surface area contributed by atoms with Crippen molar-refractivity contribution in [3.8, 4) is 0 Å². The number of nitrogens with one attached hydrogen (secondary N) is 1. The van der Waals surface area contributed by atoms with Crippen molar-refractivity contribution in [3.63, 3.8) is 0 Å². The van der Waals surface area contributed by atoms with Crippen molar-refractivity contribution in [1.29, 1.82) is 0 Å². The van der Waals surface area contributed by atoms with E-state index in [9.17, 15) is 13.2 Å². The average molecular weight is 296 g/mol. The Morgan fingerprint density at radius 2 is 2.22 bits per heavy atom. The van der Waals surface area contributed by atoms with Crippen molar-refractivity contribution >= 4 is 25.6 Å². The molecule has 0 aliphatic heterocycles. The summed E-state index contributed by atoms with van der Waals surface area (Å²) in [5, 5.41) is 2.59. The lowest BCUT2D eigenvalue weighted by Gasteiger charge is -2.10. The second kappa shape index (κ2) is 5.73. The summed E-state index contributed by atoms with van der Waals surface area (Å²) in [6.07, 6.45) is 0. The number of amides is 1. The van der Waals surface area contributed by atoms with Crippen LogP contribution in [0.1, 0.15) is 23.2 Å². The van der Waals surface area contributed by atoms with Gasteiger partial charge >= 0.3 is 0 Å². The largest absolute Gasteiger partial charge is 0.455 e. The van der Waals surface area contributed by atoms with Gasteiger partial charge in [-0.2, -0.15) is 0 Å². The zero-order valence-corrected chi connectivity index (χ0v) is 11.8. The number of ether oxygens (including phenoxy) is 1. The van der Waals surface area contributed by atoms with Gasteiger partial charge in [-0.1, -0.05) is 0 Å². The number of hydrogen-bond acceptors (Lipinski definition) is 5. The van der Waals surface area contributed by atoms with Crippen molar-refractivity contribution in [2.45, 2.75) is 24.8 Å². The van der Waals surface area contributed by atoms with Crippen LogP contribution in [0.15, 0.2) is 15.4 Å². The number of aryl methyl sites for hydroxylation is 1. The van der Waals surface area contributed by atoms with Crippen molar-refractivity contribution < 1.29 is 22.4 Å². The number of carbonyl (C=O) groups is 1. The van der Waals surface area contributed by atoms with Gasteiger partial charge in [0.25, 0.3) is 15.0 Å². The van der Waals surface area contributed by atoms with Crippen molar-refractivity contribution in [1.82, 2.24) is 5.32 Å². The number of rotatable bonds is 5. The number of halogens is 1. The van der Waals surface area contributed by atoms with E-state index in [-0.39, 0.29) is 22.5 Å². The Balaban J connectivity index is 2.89. The minimum absolute atomic E-state index is 0.0783. The molecule has 1 rings (SSSR count). The maximum Gasteiger partial charge on any atom is 0.287 e. The molecule has 1 amide bonds. The molecule has 1 aromatic heterocycles. The predicted octanol–water partition coefficient (Wildman–Crippen LogP) is 1.28. The van der Waals surface area contributed by atoms with Gasteiger partial charge in [0.15, 0.2) is 5.76 Å². The predicted molar refractivity (Wildman–Crippen MR) is 65.3 cm³/mol. The molecule has 0 aliphatic carbocycles. The van der Waals surface area contributed by atoms with Gasteiger partial charge < -0.3 is 14.5 Å². The van der Waals surface area contributed by atoms with Crippen LogP contribution in [0.25, 0.3) is 0 Å². The smallest absolute Gasteiger partial charge is 0.287 e. The molecule has 0 saturated heterocycles. The molecule has 18 heavy (non-hydrogen) atoms. The van der Waals surface area contributed by atoms with E-state index in [0.29, 0.717) is 6.61 Å². The molecule has 0 aliphatic rings. The fourth-order valence-corrected chi connectivity index (χ4v) is 2.50. The highest BCUT2D eigenvalue weighted by atomic mass is 35.7. The van der Waals surface area contributed by atoms with E-state index in [1.807, 2.05) is 0 Å². The summed E-state index contributed by atoms with van der Waals surface area (Å²) in [5.41, 5.74) is 0. The van der Waals surface area contributed by atoms with E-state index < -0.39 is 15.0 Å². The first-order chi connectivity index (χ1) is 8.25. The molecular formula is C10H14ClNO5S. The highest BCUT2D eigenvalue weighted by Crippen LogP contribution is 2.23. The first-order valence-electron chi connectivity index (χ1n) is 5.10. The first kappa shape index (κ1) is 15.0. The van der Waals surface area contributed by atoms with Crippen molar-refractivity contribution in [2.75, 3.05) is 13.7 Å². The summed E-state index contributed by atoms with van der Waals surface area (Å²) in [4.78, 5) is 11.5. The third kappa shape index (κ3) is 3.72. The third-order valence-corrected chi connectivity index (χ3v) is 3.58. The summed E-state index contributed by atoms with van der Waals surface area (Å²) < 4.78 is 32.3. The molecule has 0 aromatic carbocycles. The lowest BCUT2D eigenvalue weighted by molar-refractivity contribution is 0.0876. The molecule has 0 bridgehead atoms. The van der Waals surface area contributed by atoms with Crippen LogP contribution in [0.2, 0.25) is 0 Å². The van der Waals surface area contributed by atoms with Gasteiger partial charge in [0.1, 0.15) is 10.7 Å². The average Bonchev–Trinajstić information content (AvgIpc) is 2.60. The molecule has 1 atom stereocenters. The molecule has 102 valence electrons. The van der Waals surface area contributed by atoms with E-state index in [0.717, 1.165) is 6.07 Å². The van der Waals surface area contributed by atoms with E-state index in [1.54, 1.807) is 6.92 Å². The standard InChI is InChI=1S/C10H14ClNO5S/c1-6(5-16-3)12-10(13)8-4-9(7(2)17-8)18(11,14)15/h4,6H,5H2,1-3H3,(H,12,13). The minimum atomic E-state index is -3.91. The maximum atomic E-state index is 11.7. The van der Waals surface area contributed by atoms with Crippen LogP contribution in [0, 0.1) is 6.92 Å². The third-order valence-electron chi connectivity index (χ3n) is 2.15. The van der Waals surface area contributed by atoms with Crippen LogP contribution in [-0.2, 0) is 13.8 Å². The molecule has 0 fully saturated rings. The normalized spacial score (nSPS) is 13.3. The molecule has 1 unspecified atom stereocenters. The van der Waals surface area contributed by atoms with Gasteiger partial charge in [0, 0.05) is 29.9 Å². The zero-order chi connectivity index (χ0) is 13.9. The Kier molecular flexibility index (Phi) is 4.78. The number of hydrogen-bond donors (Lipinski definition) is 1. The summed E-state index contributed by atoms with van der Waals surface area (Å²) in [7, 11) is 2.80. The Hall–Kier alpha value is -1.05. The second-order valence-electron chi connectivity index (χ2n) is 3.80. The van der Waals surface area contributed by atoms with Gasteiger partial charge in [-0.3, -0.25) is 4.79 Å². The maximum absolute atomic E-state index is 11.7. The van der Waals surface area contributed by atoms with Gasteiger partial charge in [0.05, 0.1) is 6.61 Å². The molecule has 0 saturated carbocycles. The summed E-state index contributed by atoms with van der Waals surface area (Å²) in [6.45, 7) is 3.51. The second-order valence-corrected chi connectivity index (χ2v) is 6.33. The van der Waals surface area contributed by atoms with Crippen LogP contribution in [0.3, 0.4) is 0 Å². The quantitative estimate of drug-likeness (QED) is 0.827. The Morgan fingerprint density at radius 3 is 2.67 bits per heavy atom. The van der Waals surface area contributed by atoms with Gasteiger partial charge in [-0.05, 0) is 13.8 Å². The van der Waals surface area contributed by atoms with E-state index in [4.69, 9.17) is 19.8 Å². The molecule has 6 nitrogen and oxygen atoms in total. The van der Waals surface area contributed by atoms with Crippen LogP contribution in [0.5, 0.6) is 0 Å². The highest BCUT2D eigenvalue weighted by Gasteiger charge is 2.22. The number of furan rings is 1. The topological polar surface area (TPSA) is 85.6 Å². The van der Waals surface area contributed by atoms with Crippen LogP contribution in [-0.4, -0.2) is 34.1 Å². The number of carbonyl (C=O) groups excluding carboxylic acids is 1. The van der Waals surface area contributed by atoms with Gasteiger partial charge in [-0.25, -0.2) is 8.42 Å². The van der Waals surface area contributed by atoms with E-state index in [2.05, 4.69) is 5.32 Å². The molecule has 8 heteroatoms. The lowest BCUT2D eigenvalue weighted by atomic mass is 10.3. The Bertz CT molecular complexity index is 536. The highest BCUT2D eigenvalue weighted by molar-refractivity contribution is 8.13. The fourth-order valence-electron chi connectivity index (χ4n) is 1.41. The monoisotopic (exact) mass is 295 g/mol. The SMILES string of the molecule is COCC(C)NC(=O)c1cc(S(=O)(=O)Cl)c(C)o1. The van der Waals surface area contributed by atoms with Gasteiger partial charge in [0.2, 0.25) is 0 Å². The zero-order valence-electron chi connectivity index (χ0n) is 10.2. The van der Waals surface area contributed by atoms with Crippen LogP contribution >= 0.6 is 10.7 Å². The Morgan fingerprint density at radius 1 is 1.61 bits per heavy atom. The van der Waals surface area contributed by atoms with Gasteiger partial charge in [-0.15, -0.1) is 0 Å². The van der Waals surface area contributed by atoms with E-state index >= 15 is 0 Å². The van der Waals surface area contributed by atoms with Crippen molar-refractivity contribution in [2.24, 2.45) is 0 Å². The summed E-state index contributed by atoms with van der Waals surface area (Å²) >= 11 is 0. The van der Waals surface area contributed by atoms with Crippen molar-refractivity contribution in [3.05, 3.63) is 17.6 Å². The molecular weight excluding hydrogens is 282 g/mol. The minimum Gasteiger partial charge on any atom is -0.455 e. The first-order valence-corrected chi connectivity index (χ1v) is 7.41. The Labute approximate surface area is 110 Å². The van der Waals surface area contributed by atoms with E-state index in [1.165, 1.54) is 14.0 Å². The molecule has 1 N–H and O–H groups in total. The lowest BCUT2D eigenvalue weighted by Crippen LogP contribution is -2.35. The molecule has 1 aromatic rings. The fraction of sp³-hybridized carbons (Fsp3) is 0.500. The van der Waals surface area contributed by atoms with Crippen LogP contribution in [0.4, 0.5) is 0 Å². The summed E-state index contributed by atoms with van der Waals surface area (Å²) in [5.74, 6) is -0.543. The number of methoxy groups -OCH3 is 1. The molecule has 0 spiro atoms. The molecule has 1 heterocycles.